The Morgan fingerprint density at radius 2 is 1.86 bits per heavy atom. The number of carboxylic acid groups (broad SMARTS) is 1. The van der Waals surface area contributed by atoms with E-state index in [0.717, 1.165) is 5.56 Å². The lowest BCUT2D eigenvalue weighted by atomic mass is 10.0. The van der Waals surface area contributed by atoms with Crippen LogP contribution in [0.2, 0.25) is 5.02 Å². The fraction of sp³-hybridized carbons (Fsp3) is 0.235. The molecule has 0 radical (unpaired) electrons. The Morgan fingerprint density at radius 3 is 2.43 bits per heavy atom. The smallest absolute Gasteiger partial charge is 0.337 e. The van der Waals surface area contributed by atoms with E-state index in [9.17, 15) is 4.79 Å². The summed E-state index contributed by atoms with van der Waals surface area (Å²) in [6.45, 7) is 4.68. The molecule has 0 unspecified atom stereocenters. The van der Waals surface area contributed by atoms with Crippen molar-refractivity contribution in [1.82, 2.24) is 0 Å². The first-order valence-corrected chi connectivity index (χ1v) is 7.09. The second-order valence-corrected chi connectivity index (χ2v) is 5.54. The maximum absolute atomic E-state index is 11.0. The highest BCUT2D eigenvalue weighted by atomic mass is 35.5. The van der Waals surface area contributed by atoms with E-state index in [0.29, 0.717) is 18.3 Å². The molecule has 0 bridgehead atoms. The van der Waals surface area contributed by atoms with Crippen LogP contribution in [0, 0.1) is 0 Å². The summed E-state index contributed by atoms with van der Waals surface area (Å²) >= 11 is 5.82. The third-order valence-corrected chi connectivity index (χ3v) is 3.55. The molecule has 0 spiro atoms. The van der Waals surface area contributed by atoms with Crippen molar-refractivity contribution in [2.24, 2.45) is 0 Å². The van der Waals surface area contributed by atoms with Gasteiger partial charge in [0.25, 0.3) is 0 Å². The lowest BCUT2D eigenvalue weighted by Gasteiger charge is -2.09. The highest BCUT2D eigenvalue weighted by Gasteiger charge is 2.10. The molecule has 0 aromatic heterocycles. The Balaban J connectivity index is 2.06. The van der Waals surface area contributed by atoms with Gasteiger partial charge in [0, 0.05) is 0 Å². The standard InChI is InChI=1S/C17H17ClO3/c1-11(2)13-5-3-12(4-6-13)10-21-14-7-8-16(18)15(9-14)17(19)20/h3-9,11H,10H2,1-2H3,(H,19,20). The number of benzene rings is 2. The average Bonchev–Trinajstić information content (AvgIpc) is 2.46. The monoisotopic (exact) mass is 304 g/mol. The van der Waals surface area contributed by atoms with Gasteiger partial charge in [0.15, 0.2) is 0 Å². The van der Waals surface area contributed by atoms with E-state index in [4.69, 9.17) is 21.4 Å². The second-order valence-electron chi connectivity index (χ2n) is 5.13. The summed E-state index contributed by atoms with van der Waals surface area (Å²) in [7, 11) is 0. The van der Waals surface area contributed by atoms with Crippen LogP contribution >= 0.6 is 11.6 Å². The summed E-state index contributed by atoms with van der Waals surface area (Å²) in [6.07, 6.45) is 0. The van der Waals surface area contributed by atoms with Crippen molar-refractivity contribution >= 4 is 17.6 Å². The number of hydrogen-bond acceptors (Lipinski definition) is 2. The van der Waals surface area contributed by atoms with Crippen molar-refractivity contribution in [3.8, 4) is 5.75 Å². The summed E-state index contributed by atoms with van der Waals surface area (Å²) < 4.78 is 5.62. The van der Waals surface area contributed by atoms with Gasteiger partial charge in [-0.15, -0.1) is 0 Å². The molecule has 0 aliphatic rings. The van der Waals surface area contributed by atoms with Crippen LogP contribution in [-0.4, -0.2) is 11.1 Å². The van der Waals surface area contributed by atoms with Crippen molar-refractivity contribution in [2.75, 3.05) is 0 Å². The van der Waals surface area contributed by atoms with Gasteiger partial charge in [-0.1, -0.05) is 49.7 Å². The third kappa shape index (κ3) is 3.99. The van der Waals surface area contributed by atoms with Gasteiger partial charge in [-0.05, 0) is 35.2 Å². The Morgan fingerprint density at radius 1 is 1.19 bits per heavy atom. The third-order valence-electron chi connectivity index (χ3n) is 3.22. The topological polar surface area (TPSA) is 46.5 Å². The molecule has 0 aliphatic carbocycles. The minimum Gasteiger partial charge on any atom is -0.489 e. The first-order valence-electron chi connectivity index (χ1n) is 6.72. The second kappa shape index (κ2) is 6.64. The predicted octanol–water partition coefficient (Wildman–Crippen LogP) is 4.74. The molecule has 21 heavy (non-hydrogen) atoms. The Kier molecular flexibility index (Phi) is 4.86. The Labute approximate surface area is 129 Å². The predicted molar refractivity (Wildman–Crippen MR) is 83.3 cm³/mol. The van der Waals surface area contributed by atoms with Crippen molar-refractivity contribution < 1.29 is 14.6 Å². The molecule has 2 aromatic carbocycles. The molecule has 0 aliphatic heterocycles. The molecule has 1 N–H and O–H groups in total. The lowest BCUT2D eigenvalue weighted by Crippen LogP contribution is -2.00. The highest BCUT2D eigenvalue weighted by Crippen LogP contribution is 2.23. The van der Waals surface area contributed by atoms with Crippen LogP contribution < -0.4 is 4.74 Å². The fourth-order valence-corrected chi connectivity index (χ4v) is 2.12. The van der Waals surface area contributed by atoms with Crippen LogP contribution in [0.1, 0.15) is 41.3 Å². The van der Waals surface area contributed by atoms with E-state index in [-0.39, 0.29) is 10.6 Å². The van der Waals surface area contributed by atoms with E-state index in [1.807, 2.05) is 12.1 Å². The fourth-order valence-electron chi connectivity index (χ4n) is 1.92. The van der Waals surface area contributed by atoms with Crippen LogP contribution in [0.4, 0.5) is 0 Å². The zero-order chi connectivity index (χ0) is 15.4. The minimum absolute atomic E-state index is 0.0457. The molecule has 3 nitrogen and oxygen atoms in total. The number of hydrogen-bond donors (Lipinski definition) is 1. The molecule has 2 aromatic rings. The highest BCUT2D eigenvalue weighted by molar-refractivity contribution is 6.33. The number of carboxylic acids is 1. The number of carbonyl (C=O) groups is 1. The molecular weight excluding hydrogens is 288 g/mol. The van der Waals surface area contributed by atoms with Crippen LogP contribution in [0.25, 0.3) is 0 Å². The Bertz CT molecular complexity index is 633. The molecule has 110 valence electrons. The van der Waals surface area contributed by atoms with Crippen molar-refractivity contribution in [2.45, 2.75) is 26.4 Å². The van der Waals surface area contributed by atoms with Crippen LogP contribution in [-0.2, 0) is 6.61 Å². The molecule has 0 amide bonds. The summed E-state index contributed by atoms with van der Waals surface area (Å²) in [6, 6.07) is 12.8. The average molecular weight is 305 g/mol. The van der Waals surface area contributed by atoms with Gasteiger partial charge in [0.1, 0.15) is 12.4 Å². The molecule has 2 rings (SSSR count). The summed E-state index contributed by atoms with van der Waals surface area (Å²) in [4.78, 5) is 11.0. The number of aromatic carboxylic acids is 1. The zero-order valence-corrected chi connectivity index (χ0v) is 12.7. The maximum Gasteiger partial charge on any atom is 0.337 e. The van der Waals surface area contributed by atoms with Gasteiger partial charge in [0.2, 0.25) is 0 Å². The maximum atomic E-state index is 11.0. The van der Waals surface area contributed by atoms with Gasteiger partial charge in [0.05, 0.1) is 10.6 Å². The number of halogens is 1. The molecule has 0 saturated carbocycles. The van der Waals surface area contributed by atoms with Crippen LogP contribution in [0.15, 0.2) is 42.5 Å². The molecule has 0 atom stereocenters. The van der Waals surface area contributed by atoms with Crippen molar-refractivity contribution in [3.63, 3.8) is 0 Å². The van der Waals surface area contributed by atoms with Gasteiger partial charge >= 0.3 is 5.97 Å². The SMILES string of the molecule is CC(C)c1ccc(COc2ccc(Cl)c(C(=O)O)c2)cc1. The molecule has 4 heteroatoms. The van der Waals surface area contributed by atoms with Gasteiger partial charge in [-0.2, -0.15) is 0 Å². The van der Waals surface area contributed by atoms with Gasteiger partial charge in [-0.25, -0.2) is 4.79 Å². The van der Waals surface area contributed by atoms with E-state index in [1.165, 1.54) is 17.7 Å². The van der Waals surface area contributed by atoms with Crippen LogP contribution in [0.5, 0.6) is 5.75 Å². The van der Waals surface area contributed by atoms with E-state index in [2.05, 4.69) is 26.0 Å². The minimum atomic E-state index is -1.06. The molecule has 0 fully saturated rings. The summed E-state index contributed by atoms with van der Waals surface area (Å²) in [5.74, 6) is -0.0779. The van der Waals surface area contributed by atoms with E-state index < -0.39 is 5.97 Å². The van der Waals surface area contributed by atoms with Crippen molar-refractivity contribution in [1.29, 1.82) is 0 Å². The van der Waals surface area contributed by atoms with E-state index >= 15 is 0 Å². The first-order chi connectivity index (χ1) is 9.97. The molecule has 0 saturated heterocycles. The quantitative estimate of drug-likeness (QED) is 0.867. The normalized spacial score (nSPS) is 10.7. The lowest BCUT2D eigenvalue weighted by molar-refractivity contribution is 0.0696. The Hall–Kier alpha value is -2.00. The summed E-state index contributed by atoms with van der Waals surface area (Å²) in [5.41, 5.74) is 2.36. The molecule has 0 heterocycles. The van der Waals surface area contributed by atoms with Gasteiger partial charge in [-0.3, -0.25) is 0 Å². The number of rotatable bonds is 5. The zero-order valence-electron chi connectivity index (χ0n) is 12.0. The number of ether oxygens (including phenoxy) is 1. The van der Waals surface area contributed by atoms with E-state index in [1.54, 1.807) is 6.07 Å². The van der Waals surface area contributed by atoms with Crippen LogP contribution in [0.3, 0.4) is 0 Å². The largest absolute Gasteiger partial charge is 0.489 e. The van der Waals surface area contributed by atoms with Gasteiger partial charge < -0.3 is 9.84 Å². The summed E-state index contributed by atoms with van der Waals surface area (Å²) in [5, 5.41) is 9.22. The first kappa shape index (κ1) is 15.4. The molecular formula is C17H17ClO3. The van der Waals surface area contributed by atoms with Crippen molar-refractivity contribution in [3.05, 3.63) is 64.2 Å².